The minimum absolute atomic E-state index is 0.129. The molecule has 0 saturated heterocycles. The average Bonchev–Trinajstić information content (AvgIpc) is 0.894. The summed E-state index contributed by atoms with van der Waals surface area (Å²) < 4.78 is 217. The normalized spacial score (nSPS) is 12.6. The van der Waals surface area contributed by atoms with Crippen LogP contribution in [0.5, 0.6) is 0 Å². The maximum Gasteiger partial charge on any atom is 0.200 e. The monoisotopic (exact) mass is 1710 g/mol. The van der Waals surface area contributed by atoms with Crippen molar-refractivity contribution in [3.8, 4) is 0 Å². The molecule has 8 nitrogen and oxygen atoms in total. The maximum absolute atomic E-state index is 14.2. The zero-order chi connectivity index (χ0) is 84.7. The predicted octanol–water partition coefficient (Wildman–Crippen LogP) is 22.5. The molecule has 4 atom stereocenters. The molecule has 16 aromatic rings. The molecule has 0 fully saturated rings. The molecule has 0 saturated carbocycles. The maximum atomic E-state index is 14.2. The minimum atomic E-state index is -1.85. The van der Waals surface area contributed by atoms with Crippen LogP contribution in [0, 0.1) is 69.8 Å². The Labute approximate surface area is 697 Å². The highest BCUT2D eigenvalue weighted by Crippen LogP contribution is 2.50. The van der Waals surface area contributed by atoms with Gasteiger partial charge in [0, 0.05) is 52.9 Å². The predicted molar refractivity (Wildman–Crippen MR) is 443 cm³/mol. The van der Waals surface area contributed by atoms with Gasteiger partial charge in [-0.05, 0) is 237 Å². The van der Waals surface area contributed by atoms with Gasteiger partial charge in [0.1, 0.15) is 110 Å². The number of hydrogen-bond donors (Lipinski definition) is 0. The first-order valence-electron chi connectivity index (χ1n) is 36.5. The van der Waals surface area contributed by atoms with E-state index in [-0.39, 0.29) is 15.9 Å². The number of imidazole rings is 1. The summed E-state index contributed by atoms with van der Waals surface area (Å²) >= 11 is 1.38. The van der Waals surface area contributed by atoms with E-state index in [4.69, 9.17) is 0 Å². The first-order chi connectivity index (χ1) is 57.9. The second kappa shape index (κ2) is 38.1. The Morgan fingerprint density at radius 1 is 0.267 bits per heavy atom. The molecule has 0 aliphatic carbocycles. The fraction of sp³-hybridized carbons (Fsp3) is 0.0632. The van der Waals surface area contributed by atoms with E-state index in [9.17, 15) is 69.5 Å². The van der Waals surface area contributed by atoms with Crippen molar-refractivity contribution in [1.29, 1.82) is 0 Å². The van der Waals surface area contributed by atoms with Gasteiger partial charge < -0.3 is 4.57 Å². The van der Waals surface area contributed by atoms with Gasteiger partial charge in [-0.25, -0.2) is 71.8 Å². The summed E-state index contributed by atoms with van der Waals surface area (Å²) in [6, 6.07) is 81.7. The van der Waals surface area contributed by atoms with Gasteiger partial charge in [-0.1, -0.05) is 170 Å². The van der Waals surface area contributed by atoms with Crippen LogP contribution in [0.15, 0.2) is 385 Å². The van der Waals surface area contributed by atoms with Crippen LogP contribution in [0.1, 0.15) is 71.8 Å². The van der Waals surface area contributed by atoms with Crippen molar-refractivity contribution in [1.82, 2.24) is 19.5 Å². The molecule has 604 valence electrons. The molecule has 0 spiro atoms. The summed E-state index contributed by atoms with van der Waals surface area (Å²) in [5.41, 5.74) is 6.32. The highest BCUT2D eigenvalue weighted by Gasteiger charge is 2.48. The summed E-state index contributed by atoms with van der Waals surface area (Å²) in [5.74, 6) is -5.17. The highest BCUT2D eigenvalue weighted by molar-refractivity contribution is 7.87. The third-order valence-electron chi connectivity index (χ3n) is 19.7. The van der Waals surface area contributed by atoms with Crippen LogP contribution in [0.4, 0.5) is 52.7 Å². The lowest BCUT2D eigenvalue weighted by molar-refractivity contribution is 0.618. The number of aromatic nitrogens is 4. The largest absolute Gasteiger partial charge is 0.327 e. The molecule has 0 N–H and O–H groups in total. The SMILES string of the molecule is Cn1ccnc1S(=O)C(c1ccc(F)cc1)(c1ccc(F)cc1)c1ccc(F)cc1.O=S(Cc1nccs1)C(c1ccc(F)cc1)(c1ccc(F)cc1)c1ccc(F)cc1.O=S(c1ccccc1)C(c1ccc(F)cc1)(c1ccc(F)cc1)c1ccc(F)cc1.O=S(c1ccccn1)C(c1ccc(F)cc1)(c1ccc(F)cc1)c1ccc(F)cc1. The number of thiazole rings is 1. The van der Waals surface area contributed by atoms with Crippen LogP contribution in [0.3, 0.4) is 0 Å². The van der Waals surface area contributed by atoms with Gasteiger partial charge in [-0.15, -0.1) is 11.3 Å². The quantitative estimate of drug-likeness (QED) is 0.0520. The number of nitrogens with zero attached hydrogens (tertiary/aromatic N) is 4. The van der Waals surface area contributed by atoms with Gasteiger partial charge in [0.25, 0.3) is 0 Å². The Balaban J connectivity index is 0.000000138. The third kappa shape index (κ3) is 18.1. The van der Waals surface area contributed by atoms with Crippen molar-refractivity contribution in [2.75, 3.05) is 0 Å². The zero-order valence-corrected chi connectivity index (χ0v) is 67.0. The van der Waals surface area contributed by atoms with Crippen LogP contribution >= 0.6 is 11.3 Å². The van der Waals surface area contributed by atoms with Crippen molar-refractivity contribution in [2.45, 2.75) is 39.8 Å². The second-order valence-corrected chi connectivity index (χ2v) is 34.1. The summed E-state index contributed by atoms with van der Waals surface area (Å²) in [6.07, 6.45) is 6.35. The molecule has 3 heterocycles. The van der Waals surface area contributed by atoms with Crippen LogP contribution in [-0.4, -0.2) is 36.4 Å². The third-order valence-corrected chi connectivity index (χ3v) is 28.4. The number of halogens is 12. The van der Waals surface area contributed by atoms with Gasteiger partial charge in [0.05, 0.1) is 27.4 Å². The van der Waals surface area contributed by atoms with Gasteiger partial charge in [0.15, 0.2) is 5.16 Å². The highest BCUT2D eigenvalue weighted by atomic mass is 32.2. The van der Waals surface area contributed by atoms with E-state index in [0.717, 1.165) is 0 Å². The average molecular weight is 1720 g/mol. The molecule has 25 heteroatoms. The van der Waals surface area contributed by atoms with E-state index < -0.39 is 132 Å². The summed E-state index contributed by atoms with van der Waals surface area (Å²) in [4.78, 5) is 13.3. The Hall–Kier alpha value is -12.4. The molecule has 13 aromatic carbocycles. The Bertz CT molecular complexity index is 5550. The molecule has 3 aromatic heterocycles. The second-order valence-electron chi connectivity index (χ2n) is 26.8. The Kier molecular flexibility index (Phi) is 27.2. The number of aryl methyl sites for hydroxylation is 1. The van der Waals surface area contributed by atoms with E-state index in [0.29, 0.717) is 76.7 Å². The lowest BCUT2D eigenvalue weighted by Gasteiger charge is -2.35. The lowest BCUT2D eigenvalue weighted by atomic mass is 9.84. The molecule has 0 amide bonds. The summed E-state index contributed by atoms with van der Waals surface area (Å²) in [6.45, 7) is 0. The summed E-state index contributed by atoms with van der Waals surface area (Å²) in [7, 11) is -5.32. The number of rotatable bonds is 21. The first-order valence-corrected chi connectivity index (χ1v) is 42.2. The van der Waals surface area contributed by atoms with Crippen molar-refractivity contribution in [2.24, 2.45) is 7.05 Å². The van der Waals surface area contributed by atoms with E-state index in [1.807, 2.05) is 6.07 Å². The lowest BCUT2D eigenvalue weighted by Crippen LogP contribution is -2.36. The molecule has 120 heavy (non-hydrogen) atoms. The van der Waals surface area contributed by atoms with Gasteiger partial charge in [-0.2, -0.15) is 0 Å². The van der Waals surface area contributed by atoms with Crippen molar-refractivity contribution in [3.05, 3.63) is 511 Å². The van der Waals surface area contributed by atoms with E-state index in [1.165, 1.54) is 242 Å². The Morgan fingerprint density at radius 2 is 0.517 bits per heavy atom. The molecule has 0 aliphatic heterocycles. The molecular formula is C95H66F12N4O4S5. The van der Waals surface area contributed by atoms with Crippen molar-refractivity contribution < 1.29 is 69.5 Å². The molecule has 0 radical (unpaired) electrons. The van der Waals surface area contributed by atoms with Crippen LogP contribution in [-0.2, 0) is 75.0 Å². The summed E-state index contributed by atoms with van der Waals surface area (Å²) in [5, 5.41) is 3.02. The van der Waals surface area contributed by atoms with E-state index >= 15 is 0 Å². The number of hydrogen-bond acceptors (Lipinski definition) is 8. The molecule has 0 aliphatic rings. The van der Waals surface area contributed by atoms with E-state index in [2.05, 4.69) is 15.0 Å². The fourth-order valence-corrected chi connectivity index (χ4v) is 22.2. The zero-order valence-electron chi connectivity index (χ0n) is 62.9. The van der Waals surface area contributed by atoms with Gasteiger partial charge in [0.2, 0.25) is 0 Å². The van der Waals surface area contributed by atoms with Crippen molar-refractivity contribution in [3.63, 3.8) is 0 Å². The minimum Gasteiger partial charge on any atom is -0.327 e. The molecular weight excluding hydrogens is 1650 g/mol. The molecule has 16 rings (SSSR count). The standard InChI is InChI=1S/C25H17F3OS.C24H16F3NOS.C23H17F3N2OS.C23H16F3NOS2/c26-21-12-6-18(7-13-21)25(19-8-14-22(27)15-9-19,20-10-16-23(28)17-11-20)30(29)24-4-2-1-3-5-24;25-20-10-4-17(5-11-20)24(18-6-12-21(26)13-7-18,19-8-14-22(27)15-9-19)30(29)23-3-1-2-16-28-23;1-28-15-14-27-22(28)30(29)23(16-2-8-19(24)9-3-16,17-4-10-20(25)11-5-17)18-6-12-21(26)13-7-18;24-19-7-1-16(2-8-19)23(17-3-9-20(25)10-4-17,18-5-11-21(26)12-6-18)30(28)15-22-27-13-14-29-22/h1-17H;1-16H;2-15H,1H3;1-14H,15H2. The number of pyridine rings is 1. The van der Waals surface area contributed by atoms with Crippen LogP contribution in [0.25, 0.3) is 0 Å². The van der Waals surface area contributed by atoms with Crippen LogP contribution in [0.2, 0.25) is 0 Å². The van der Waals surface area contributed by atoms with Crippen LogP contribution < -0.4 is 0 Å². The van der Waals surface area contributed by atoms with Crippen molar-refractivity contribution >= 4 is 54.5 Å². The topological polar surface area (TPSA) is 112 Å². The van der Waals surface area contributed by atoms with Gasteiger partial charge in [-0.3, -0.25) is 12.6 Å². The van der Waals surface area contributed by atoms with E-state index in [1.54, 1.807) is 145 Å². The Morgan fingerprint density at radius 3 is 0.750 bits per heavy atom. The number of benzene rings is 13. The first kappa shape index (κ1) is 85.5. The fourth-order valence-electron chi connectivity index (χ4n) is 14.1. The van der Waals surface area contributed by atoms with Gasteiger partial charge >= 0.3 is 0 Å². The molecule has 0 bridgehead atoms. The molecule has 4 unspecified atom stereocenters. The smallest absolute Gasteiger partial charge is 0.200 e.